The molecule has 0 radical (unpaired) electrons. The summed E-state index contributed by atoms with van der Waals surface area (Å²) in [5.74, 6) is 1.59. The Hall–Kier alpha value is -2.23. The van der Waals surface area contributed by atoms with Crippen LogP contribution in [0.1, 0.15) is 18.0 Å². The van der Waals surface area contributed by atoms with Crippen molar-refractivity contribution >= 4 is 5.69 Å². The maximum atomic E-state index is 5.65. The standard InChI is InChI=1S/C15H16N2O2/c1-18-15-7-6-11(10-16-15)17-13-8-9-19-14-5-3-2-4-12(13)14/h2-7,10,13,17H,8-9H2,1H3. The summed E-state index contributed by atoms with van der Waals surface area (Å²) < 4.78 is 10.7. The van der Waals surface area contributed by atoms with Crippen molar-refractivity contribution < 1.29 is 9.47 Å². The Bertz CT molecular complexity index is 554. The molecule has 19 heavy (non-hydrogen) atoms. The molecule has 0 bridgehead atoms. The maximum absolute atomic E-state index is 5.65. The van der Waals surface area contributed by atoms with Gasteiger partial charge in [-0.2, -0.15) is 0 Å². The van der Waals surface area contributed by atoms with Gasteiger partial charge < -0.3 is 14.8 Å². The first-order chi connectivity index (χ1) is 9.36. The highest BCUT2D eigenvalue weighted by Gasteiger charge is 2.20. The molecule has 0 spiro atoms. The number of nitrogens with zero attached hydrogens (tertiary/aromatic N) is 1. The predicted octanol–water partition coefficient (Wildman–Crippen LogP) is 3.03. The Morgan fingerprint density at radius 1 is 1.26 bits per heavy atom. The van der Waals surface area contributed by atoms with Crippen molar-refractivity contribution in [2.75, 3.05) is 19.0 Å². The number of nitrogens with one attached hydrogen (secondary N) is 1. The molecule has 0 amide bonds. The first-order valence-electron chi connectivity index (χ1n) is 6.35. The predicted molar refractivity (Wildman–Crippen MR) is 73.7 cm³/mol. The van der Waals surface area contributed by atoms with Crippen LogP contribution in [-0.2, 0) is 0 Å². The highest BCUT2D eigenvalue weighted by atomic mass is 16.5. The monoisotopic (exact) mass is 256 g/mol. The smallest absolute Gasteiger partial charge is 0.213 e. The molecule has 0 saturated heterocycles. The van der Waals surface area contributed by atoms with Crippen LogP contribution >= 0.6 is 0 Å². The number of fused-ring (bicyclic) bond motifs is 1. The van der Waals surface area contributed by atoms with Crippen molar-refractivity contribution in [2.24, 2.45) is 0 Å². The van der Waals surface area contributed by atoms with Gasteiger partial charge in [0.05, 0.1) is 31.6 Å². The number of hydrogen-bond acceptors (Lipinski definition) is 4. The zero-order valence-electron chi connectivity index (χ0n) is 10.8. The van der Waals surface area contributed by atoms with Crippen LogP contribution in [0.5, 0.6) is 11.6 Å². The van der Waals surface area contributed by atoms with Crippen molar-refractivity contribution in [2.45, 2.75) is 12.5 Å². The highest BCUT2D eigenvalue weighted by Crippen LogP contribution is 2.33. The molecule has 1 unspecified atom stereocenters. The van der Waals surface area contributed by atoms with Crippen molar-refractivity contribution in [1.29, 1.82) is 0 Å². The van der Waals surface area contributed by atoms with Crippen LogP contribution in [0.3, 0.4) is 0 Å². The van der Waals surface area contributed by atoms with Gasteiger partial charge in [0.1, 0.15) is 5.75 Å². The van der Waals surface area contributed by atoms with Gasteiger partial charge in [0.15, 0.2) is 0 Å². The minimum absolute atomic E-state index is 0.264. The molecular weight excluding hydrogens is 240 g/mol. The van der Waals surface area contributed by atoms with E-state index in [9.17, 15) is 0 Å². The summed E-state index contributed by atoms with van der Waals surface area (Å²) in [6, 6.07) is 12.2. The Balaban J connectivity index is 1.80. The Labute approximate surface area is 112 Å². The minimum Gasteiger partial charge on any atom is -0.493 e. The second kappa shape index (κ2) is 5.18. The normalized spacial score (nSPS) is 17.2. The van der Waals surface area contributed by atoms with Gasteiger partial charge in [0, 0.05) is 18.1 Å². The van der Waals surface area contributed by atoms with E-state index in [0.29, 0.717) is 5.88 Å². The molecular formula is C15H16N2O2. The van der Waals surface area contributed by atoms with Crippen molar-refractivity contribution in [3.05, 3.63) is 48.2 Å². The first-order valence-corrected chi connectivity index (χ1v) is 6.35. The number of anilines is 1. The van der Waals surface area contributed by atoms with E-state index in [4.69, 9.17) is 9.47 Å². The molecule has 1 atom stereocenters. The fourth-order valence-corrected chi connectivity index (χ4v) is 2.28. The van der Waals surface area contributed by atoms with Crippen LogP contribution in [0.25, 0.3) is 0 Å². The van der Waals surface area contributed by atoms with E-state index in [1.807, 2.05) is 30.3 Å². The van der Waals surface area contributed by atoms with Crippen molar-refractivity contribution in [1.82, 2.24) is 4.98 Å². The Morgan fingerprint density at radius 3 is 2.95 bits per heavy atom. The van der Waals surface area contributed by atoms with E-state index in [-0.39, 0.29) is 6.04 Å². The molecule has 3 rings (SSSR count). The van der Waals surface area contributed by atoms with Crippen LogP contribution < -0.4 is 14.8 Å². The molecule has 4 heteroatoms. The summed E-state index contributed by atoms with van der Waals surface area (Å²) in [4.78, 5) is 4.20. The number of rotatable bonds is 3. The lowest BCUT2D eigenvalue weighted by Gasteiger charge is -2.27. The zero-order valence-corrected chi connectivity index (χ0v) is 10.8. The quantitative estimate of drug-likeness (QED) is 0.916. The van der Waals surface area contributed by atoms with Gasteiger partial charge in [-0.25, -0.2) is 4.98 Å². The van der Waals surface area contributed by atoms with Gasteiger partial charge in [0.25, 0.3) is 0 Å². The van der Waals surface area contributed by atoms with E-state index >= 15 is 0 Å². The number of benzene rings is 1. The van der Waals surface area contributed by atoms with Gasteiger partial charge in [-0.3, -0.25) is 0 Å². The fraction of sp³-hybridized carbons (Fsp3) is 0.267. The second-order valence-corrected chi connectivity index (χ2v) is 4.46. The van der Waals surface area contributed by atoms with Crippen molar-refractivity contribution in [3.8, 4) is 11.6 Å². The first kappa shape index (κ1) is 11.8. The Kier molecular flexibility index (Phi) is 3.23. The lowest BCUT2D eigenvalue weighted by Crippen LogP contribution is -2.20. The topological polar surface area (TPSA) is 43.4 Å². The lowest BCUT2D eigenvalue weighted by molar-refractivity contribution is 0.274. The lowest BCUT2D eigenvalue weighted by atomic mass is 10.0. The molecule has 1 aliphatic heterocycles. The minimum atomic E-state index is 0.264. The summed E-state index contributed by atoms with van der Waals surface area (Å²) in [5, 5.41) is 3.49. The fourth-order valence-electron chi connectivity index (χ4n) is 2.28. The summed E-state index contributed by atoms with van der Waals surface area (Å²) in [5.41, 5.74) is 2.19. The van der Waals surface area contributed by atoms with E-state index in [1.54, 1.807) is 13.3 Å². The maximum Gasteiger partial charge on any atom is 0.213 e. The number of para-hydroxylation sites is 1. The number of hydrogen-bond donors (Lipinski definition) is 1. The van der Waals surface area contributed by atoms with Gasteiger partial charge >= 0.3 is 0 Å². The molecule has 0 fully saturated rings. The van der Waals surface area contributed by atoms with Crippen molar-refractivity contribution in [3.63, 3.8) is 0 Å². The van der Waals surface area contributed by atoms with Crippen LogP contribution in [0.15, 0.2) is 42.6 Å². The third-order valence-electron chi connectivity index (χ3n) is 3.24. The molecule has 98 valence electrons. The molecule has 1 aromatic carbocycles. The molecule has 1 aromatic heterocycles. The molecule has 2 aromatic rings. The summed E-state index contributed by atoms with van der Waals surface area (Å²) in [6.07, 6.45) is 2.74. The number of methoxy groups -OCH3 is 1. The van der Waals surface area contributed by atoms with Gasteiger partial charge in [0.2, 0.25) is 5.88 Å². The van der Waals surface area contributed by atoms with Crippen LogP contribution in [-0.4, -0.2) is 18.7 Å². The summed E-state index contributed by atoms with van der Waals surface area (Å²) in [7, 11) is 1.62. The second-order valence-electron chi connectivity index (χ2n) is 4.46. The highest BCUT2D eigenvalue weighted by molar-refractivity contribution is 5.48. The molecule has 2 heterocycles. The zero-order chi connectivity index (χ0) is 13.1. The SMILES string of the molecule is COc1ccc(NC2CCOc3ccccc32)cn1. The van der Waals surface area contributed by atoms with Crippen LogP contribution in [0.4, 0.5) is 5.69 Å². The van der Waals surface area contributed by atoms with E-state index < -0.39 is 0 Å². The molecule has 1 N–H and O–H groups in total. The van der Waals surface area contributed by atoms with E-state index in [2.05, 4.69) is 16.4 Å². The molecule has 1 aliphatic rings. The number of aromatic nitrogens is 1. The summed E-state index contributed by atoms with van der Waals surface area (Å²) in [6.45, 7) is 0.734. The summed E-state index contributed by atoms with van der Waals surface area (Å²) >= 11 is 0. The third kappa shape index (κ3) is 2.47. The molecule has 4 nitrogen and oxygen atoms in total. The van der Waals surface area contributed by atoms with Gasteiger partial charge in [-0.05, 0) is 12.1 Å². The largest absolute Gasteiger partial charge is 0.493 e. The third-order valence-corrected chi connectivity index (χ3v) is 3.24. The van der Waals surface area contributed by atoms with Crippen LogP contribution in [0, 0.1) is 0 Å². The van der Waals surface area contributed by atoms with Crippen LogP contribution in [0.2, 0.25) is 0 Å². The number of ether oxygens (including phenoxy) is 2. The average Bonchev–Trinajstić information content (AvgIpc) is 2.48. The molecule has 0 aliphatic carbocycles. The van der Waals surface area contributed by atoms with E-state index in [0.717, 1.165) is 24.5 Å². The number of pyridine rings is 1. The van der Waals surface area contributed by atoms with Gasteiger partial charge in [-0.1, -0.05) is 18.2 Å². The Morgan fingerprint density at radius 2 is 2.16 bits per heavy atom. The van der Waals surface area contributed by atoms with E-state index in [1.165, 1.54) is 5.56 Å². The average molecular weight is 256 g/mol. The van der Waals surface area contributed by atoms with Gasteiger partial charge in [-0.15, -0.1) is 0 Å². The molecule has 0 saturated carbocycles.